The third-order valence-electron chi connectivity index (χ3n) is 14.5. The molecule has 1 unspecified atom stereocenters. The summed E-state index contributed by atoms with van der Waals surface area (Å²) in [4.78, 5) is 55.5. The fraction of sp³-hybridized carbons (Fsp3) is 0.368. The average Bonchev–Trinajstić information content (AvgIpc) is 3.88. The zero-order valence-corrected chi connectivity index (χ0v) is 40.7. The molecule has 0 saturated heterocycles. The number of aliphatic hydroxyl groups excluding tert-OH is 1. The Hall–Kier alpha value is -7.16. The summed E-state index contributed by atoms with van der Waals surface area (Å²) in [5.41, 5.74) is 18.1. The molecular formula is C57H65N7O7. The Balaban J connectivity index is 0.675. The SMILES string of the molecule is CCc1cccc(N(CC)C(=O)Cn2c(C(O)N[C@H]3CC[C@H](C(=O)NCCCCCCCCNC(=O)c4ccc5c(c4)C(=O)OC54c5ccc(N)cc5Oc5cc(N)ccc54)CC3)cc3ccccc32)c1. The van der Waals surface area contributed by atoms with Gasteiger partial charge in [0.05, 0.1) is 11.3 Å². The fourth-order valence-corrected chi connectivity index (χ4v) is 10.7. The molecule has 0 bridgehead atoms. The van der Waals surface area contributed by atoms with Crippen LogP contribution in [0.25, 0.3) is 10.9 Å². The summed E-state index contributed by atoms with van der Waals surface area (Å²) in [6, 6.07) is 33.6. The number of ether oxygens (including phenoxy) is 2. The van der Waals surface area contributed by atoms with Crippen molar-refractivity contribution in [2.75, 3.05) is 36.0 Å². The lowest BCUT2D eigenvalue weighted by molar-refractivity contribution is -0.126. The van der Waals surface area contributed by atoms with Crippen LogP contribution in [0.4, 0.5) is 17.1 Å². The number of likely N-dealkylation sites (N-methyl/N-ethyl adjacent to an activating group) is 1. The molecule has 71 heavy (non-hydrogen) atoms. The Morgan fingerprint density at radius 2 is 1.42 bits per heavy atom. The molecule has 1 atom stereocenters. The molecule has 6 aromatic rings. The number of aryl methyl sites for hydroxylation is 1. The molecule has 1 aliphatic carbocycles. The Bertz CT molecular complexity index is 2890. The van der Waals surface area contributed by atoms with Crippen molar-refractivity contribution >= 4 is 51.7 Å². The predicted molar refractivity (Wildman–Crippen MR) is 276 cm³/mol. The lowest BCUT2D eigenvalue weighted by Gasteiger charge is -2.36. The topological polar surface area (TPSA) is 203 Å². The van der Waals surface area contributed by atoms with Crippen LogP contribution in [0, 0.1) is 5.92 Å². The number of carbonyl (C=O) groups excluding carboxylic acids is 4. The maximum Gasteiger partial charge on any atom is 0.340 e. The Morgan fingerprint density at radius 1 is 0.761 bits per heavy atom. The van der Waals surface area contributed by atoms with Gasteiger partial charge >= 0.3 is 5.97 Å². The van der Waals surface area contributed by atoms with Crippen molar-refractivity contribution in [1.82, 2.24) is 20.5 Å². The van der Waals surface area contributed by atoms with Crippen LogP contribution in [0.15, 0.2) is 109 Å². The Morgan fingerprint density at radius 3 is 2.11 bits per heavy atom. The van der Waals surface area contributed by atoms with Gasteiger partial charge in [0, 0.05) is 93.9 Å². The van der Waals surface area contributed by atoms with Gasteiger partial charge in [0.1, 0.15) is 24.3 Å². The second kappa shape index (κ2) is 21.5. The molecule has 14 heteroatoms. The van der Waals surface area contributed by atoms with Gasteiger partial charge in [0.2, 0.25) is 11.8 Å². The number of amides is 3. The monoisotopic (exact) mass is 959 g/mol. The highest BCUT2D eigenvalue weighted by molar-refractivity contribution is 6.02. The highest BCUT2D eigenvalue weighted by atomic mass is 16.6. The summed E-state index contributed by atoms with van der Waals surface area (Å²) >= 11 is 0. The molecule has 2 aliphatic heterocycles. The number of hydrogen-bond acceptors (Lipinski definition) is 10. The molecule has 14 nitrogen and oxygen atoms in total. The third-order valence-corrected chi connectivity index (χ3v) is 14.5. The van der Waals surface area contributed by atoms with E-state index in [4.69, 9.17) is 20.9 Å². The number of fused-ring (bicyclic) bond motifs is 7. The summed E-state index contributed by atoms with van der Waals surface area (Å²) in [6.07, 6.45) is 8.65. The minimum Gasteiger partial charge on any atom is -0.456 e. The maximum atomic E-state index is 13.8. The van der Waals surface area contributed by atoms with E-state index in [-0.39, 0.29) is 36.2 Å². The van der Waals surface area contributed by atoms with E-state index in [0.717, 1.165) is 87.2 Å². The van der Waals surface area contributed by atoms with Gasteiger partial charge in [-0.1, -0.05) is 69.0 Å². The number of aromatic nitrogens is 1. The molecule has 1 aromatic heterocycles. The molecule has 5 aromatic carbocycles. The number of nitrogen functional groups attached to an aromatic ring is 2. The van der Waals surface area contributed by atoms with Crippen LogP contribution in [0.2, 0.25) is 0 Å². The predicted octanol–water partition coefficient (Wildman–Crippen LogP) is 9.02. The van der Waals surface area contributed by atoms with Crippen LogP contribution in [-0.4, -0.2) is 59.0 Å². The van der Waals surface area contributed by atoms with Gasteiger partial charge in [-0.3, -0.25) is 19.7 Å². The second-order valence-electron chi connectivity index (χ2n) is 19.1. The number of nitrogens with one attached hydrogen (secondary N) is 3. The van der Waals surface area contributed by atoms with Gasteiger partial charge in [0.25, 0.3) is 5.91 Å². The summed E-state index contributed by atoms with van der Waals surface area (Å²) < 4.78 is 14.3. The van der Waals surface area contributed by atoms with Crippen molar-refractivity contribution in [2.24, 2.45) is 5.92 Å². The number of aliphatic hydroxyl groups is 1. The largest absolute Gasteiger partial charge is 0.456 e. The van der Waals surface area contributed by atoms with Crippen LogP contribution in [0.5, 0.6) is 11.5 Å². The normalized spacial score (nSPS) is 16.9. The first-order valence-corrected chi connectivity index (χ1v) is 25.3. The zero-order valence-electron chi connectivity index (χ0n) is 40.7. The van der Waals surface area contributed by atoms with E-state index < -0.39 is 17.8 Å². The van der Waals surface area contributed by atoms with Crippen molar-refractivity contribution in [2.45, 2.75) is 109 Å². The molecule has 9 rings (SSSR count). The summed E-state index contributed by atoms with van der Waals surface area (Å²) in [7, 11) is 0. The molecular weight excluding hydrogens is 895 g/mol. The van der Waals surface area contributed by atoms with E-state index in [0.29, 0.717) is 76.0 Å². The number of hydrogen-bond donors (Lipinski definition) is 6. The van der Waals surface area contributed by atoms with Crippen LogP contribution in [0.1, 0.15) is 133 Å². The van der Waals surface area contributed by atoms with Crippen molar-refractivity contribution in [3.8, 4) is 11.5 Å². The highest BCUT2D eigenvalue weighted by Crippen LogP contribution is 2.56. The molecule has 0 radical (unpaired) electrons. The number of nitrogens with zero attached hydrogens (tertiary/aromatic N) is 2. The third kappa shape index (κ3) is 10.2. The molecule has 1 spiro atoms. The van der Waals surface area contributed by atoms with E-state index >= 15 is 0 Å². The summed E-state index contributed by atoms with van der Waals surface area (Å²) in [5.74, 6) is 0.134. The van der Waals surface area contributed by atoms with Gasteiger partial charge in [-0.2, -0.15) is 0 Å². The number of nitrogens with two attached hydrogens (primary N) is 2. The van der Waals surface area contributed by atoms with E-state index in [2.05, 4.69) is 35.0 Å². The van der Waals surface area contributed by atoms with E-state index in [1.165, 1.54) is 5.56 Å². The smallest absolute Gasteiger partial charge is 0.340 e. The number of anilines is 3. The first kappa shape index (κ1) is 48.8. The second-order valence-corrected chi connectivity index (χ2v) is 19.1. The molecule has 3 aliphatic rings. The van der Waals surface area contributed by atoms with Gasteiger partial charge in [-0.25, -0.2) is 4.79 Å². The standard InChI is InChI=1S/C57H65N7O7/c1-3-36-14-13-16-43(30-36)63(4-2)52(65)35-64-48-17-10-9-15-38(48)32-49(64)55(68)62-42-23-18-37(19-24-42)53(66)60-28-11-7-5-6-8-12-29-61-54(67)39-20-25-45-44(31-39)56(69)71-57(45)46-26-21-40(58)33-50(46)70-51-34-41(59)22-27-47(51)57/h9-10,13-17,20-22,25-27,30-34,37,42,55,62,68H,3-8,11-12,18-19,23-24,28-29,35,58-59H2,1-2H3,(H,60,66)(H,61,67)/t37-,42-,55?. The van der Waals surface area contributed by atoms with Crippen LogP contribution >= 0.6 is 0 Å². The van der Waals surface area contributed by atoms with Gasteiger partial charge in [0.15, 0.2) is 5.60 Å². The van der Waals surface area contributed by atoms with Crippen molar-refractivity contribution in [3.05, 3.63) is 148 Å². The minimum atomic E-state index is -1.28. The average molecular weight is 960 g/mol. The van der Waals surface area contributed by atoms with Gasteiger partial charge in [-0.05, 0) is 118 Å². The molecule has 3 heterocycles. The first-order valence-electron chi connectivity index (χ1n) is 25.3. The van der Waals surface area contributed by atoms with Crippen LogP contribution in [0.3, 0.4) is 0 Å². The minimum absolute atomic E-state index is 0.0412. The number of unbranched alkanes of at least 4 members (excludes halogenated alkanes) is 5. The van der Waals surface area contributed by atoms with E-state index in [1.54, 1.807) is 59.5 Å². The van der Waals surface area contributed by atoms with E-state index in [1.807, 2.05) is 54.0 Å². The lowest BCUT2D eigenvalue weighted by Crippen LogP contribution is -2.40. The van der Waals surface area contributed by atoms with Crippen LogP contribution < -0.4 is 37.1 Å². The highest BCUT2D eigenvalue weighted by Gasteiger charge is 2.53. The van der Waals surface area contributed by atoms with Gasteiger partial charge < -0.3 is 46.1 Å². The van der Waals surface area contributed by atoms with Crippen molar-refractivity contribution < 1.29 is 33.8 Å². The summed E-state index contributed by atoms with van der Waals surface area (Å²) in [6.45, 7) is 5.86. The number of esters is 1. The maximum absolute atomic E-state index is 13.8. The first-order chi connectivity index (χ1) is 34.5. The Labute approximate surface area is 415 Å². The van der Waals surface area contributed by atoms with Crippen LogP contribution in [-0.2, 0) is 32.9 Å². The zero-order chi connectivity index (χ0) is 49.6. The number of rotatable bonds is 19. The van der Waals surface area contributed by atoms with E-state index in [9.17, 15) is 24.3 Å². The molecule has 8 N–H and O–H groups in total. The number of para-hydroxylation sites is 1. The molecule has 1 fully saturated rings. The number of carbonyl (C=O) groups is 4. The lowest BCUT2D eigenvalue weighted by atomic mass is 9.77. The van der Waals surface area contributed by atoms with Crippen molar-refractivity contribution in [3.63, 3.8) is 0 Å². The fourth-order valence-electron chi connectivity index (χ4n) is 10.7. The number of benzene rings is 5. The summed E-state index contributed by atoms with van der Waals surface area (Å²) in [5, 5.41) is 22.1. The molecule has 1 saturated carbocycles. The van der Waals surface area contributed by atoms with Gasteiger partial charge in [-0.15, -0.1) is 0 Å². The molecule has 3 amide bonds. The van der Waals surface area contributed by atoms with Crippen molar-refractivity contribution in [1.29, 1.82) is 0 Å². The quantitative estimate of drug-likeness (QED) is 0.0197. The Kier molecular flexibility index (Phi) is 14.8. The molecule has 370 valence electrons.